The zero-order valence-corrected chi connectivity index (χ0v) is 25.4. The van der Waals surface area contributed by atoms with E-state index < -0.39 is 10.9 Å². The number of carbonyl (C=O) groups excluding carboxylic acids is 1. The number of carboxylic acid groups (broad SMARTS) is 1. The van der Waals surface area contributed by atoms with Gasteiger partial charge in [-0.05, 0) is 61.5 Å². The van der Waals surface area contributed by atoms with Gasteiger partial charge in [0.1, 0.15) is 11.9 Å². The summed E-state index contributed by atoms with van der Waals surface area (Å²) in [6, 6.07) is 12.8. The van der Waals surface area contributed by atoms with Gasteiger partial charge in [-0.2, -0.15) is 0 Å². The maximum absolute atomic E-state index is 12.9. The molecule has 0 atom stereocenters. The van der Waals surface area contributed by atoms with Crippen molar-refractivity contribution in [2.45, 2.75) is 72.3 Å². The van der Waals surface area contributed by atoms with Crippen molar-refractivity contribution in [1.82, 2.24) is 9.80 Å². The minimum absolute atomic E-state index is 0. The minimum atomic E-state index is -0.833. The lowest BCUT2D eigenvalue weighted by molar-refractivity contribution is -0.385. The van der Waals surface area contributed by atoms with Gasteiger partial charge < -0.3 is 24.4 Å². The van der Waals surface area contributed by atoms with Crippen LogP contribution in [0, 0.1) is 16.0 Å². The summed E-state index contributed by atoms with van der Waals surface area (Å²) < 4.78 is 11.8. The predicted octanol–water partition coefficient (Wildman–Crippen LogP) is 6.65. The molecule has 238 valence electrons. The number of carbonyl (C=O) groups is 2. The Hall–Kier alpha value is -3.37. The van der Waals surface area contributed by atoms with Gasteiger partial charge >= 0.3 is 5.69 Å². The number of nitrogens with zero attached hydrogens (tertiary/aromatic N) is 3. The van der Waals surface area contributed by atoms with E-state index in [4.69, 9.17) is 31.0 Å². The average Bonchev–Trinajstić information content (AvgIpc) is 2.95. The van der Waals surface area contributed by atoms with Crippen molar-refractivity contribution in [1.29, 1.82) is 0 Å². The van der Waals surface area contributed by atoms with Gasteiger partial charge in [0.05, 0.1) is 11.5 Å². The molecule has 4 rings (SSSR count). The SMILES string of the molecule is C.CC(=O)O.CC(C)COc1cc(OC2CCN(C(=O)CCN3CCC(c4ccc(Cl)cc4)CC3)CC2)ccc1[N+](=O)[O-]. The molecule has 2 heterocycles. The largest absolute Gasteiger partial charge is 0.490 e. The van der Waals surface area contributed by atoms with Crippen molar-refractivity contribution in [2.75, 3.05) is 39.3 Å². The fourth-order valence-corrected chi connectivity index (χ4v) is 5.27. The van der Waals surface area contributed by atoms with Gasteiger partial charge in [-0.15, -0.1) is 0 Å². The maximum Gasteiger partial charge on any atom is 0.311 e. The van der Waals surface area contributed by atoms with Crippen molar-refractivity contribution < 1.29 is 29.1 Å². The molecule has 2 fully saturated rings. The van der Waals surface area contributed by atoms with Gasteiger partial charge in [0.2, 0.25) is 11.7 Å². The number of nitro benzene ring substituents is 1. The number of halogens is 1. The normalized spacial score (nSPS) is 16.1. The summed E-state index contributed by atoms with van der Waals surface area (Å²) in [5, 5.41) is 19.5. The van der Waals surface area contributed by atoms with Crippen molar-refractivity contribution in [3.63, 3.8) is 0 Å². The number of piperidine rings is 2. The van der Waals surface area contributed by atoms with E-state index in [-0.39, 0.29) is 36.8 Å². The van der Waals surface area contributed by atoms with Gasteiger partial charge in [0.25, 0.3) is 5.97 Å². The quantitative estimate of drug-likeness (QED) is 0.232. The number of rotatable bonds is 10. The molecule has 10 nitrogen and oxygen atoms in total. The summed E-state index contributed by atoms with van der Waals surface area (Å²) in [7, 11) is 0. The van der Waals surface area contributed by atoms with Crippen molar-refractivity contribution in [2.24, 2.45) is 5.92 Å². The molecule has 2 aromatic rings. The number of hydrogen-bond donors (Lipinski definition) is 1. The van der Waals surface area contributed by atoms with Crippen LogP contribution in [-0.4, -0.2) is 77.1 Å². The molecular weight excluding hydrogens is 574 g/mol. The molecule has 0 unspecified atom stereocenters. The molecule has 0 bridgehead atoms. The van der Waals surface area contributed by atoms with Crippen LogP contribution in [0.2, 0.25) is 5.02 Å². The van der Waals surface area contributed by atoms with Crippen LogP contribution in [0.5, 0.6) is 11.5 Å². The first-order chi connectivity index (χ1) is 20.0. The number of ether oxygens (including phenoxy) is 2. The fraction of sp³-hybridized carbons (Fsp3) is 0.562. The molecule has 2 aliphatic heterocycles. The highest BCUT2D eigenvalue weighted by molar-refractivity contribution is 6.30. The second-order valence-corrected chi connectivity index (χ2v) is 11.7. The van der Waals surface area contributed by atoms with E-state index in [0.717, 1.165) is 57.3 Å². The van der Waals surface area contributed by atoms with Crippen LogP contribution < -0.4 is 9.47 Å². The van der Waals surface area contributed by atoms with E-state index >= 15 is 0 Å². The Bertz CT molecular complexity index is 1170. The minimum Gasteiger partial charge on any atom is -0.490 e. The first kappa shape index (κ1) is 35.8. The summed E-state index contributed by atoms with van der Waals surface area (Å²) in [5.74, 6) is 0.962. The van der Waals surface area contributed by atoms with Gasteiger partial charge in [-0.25, -0.2) is 0 Å². The van der Waals surface area contributed by atoms with E-state index in [1.165, 1.54) is 11.6 Å². The van der Waals surface area contributed by atoms with Crippen molar-refractivity contribution in [3.8, 4) is 11.5 Å². The summed E-state index contributed by atoms with van der Waals surface area (Å²) in [6.45, 7) is 9.59. The smallest absolute Gasteiger partial charge is 0.311 e. The van der Waals surface area contributed by atoms with E-state index in [1.54, 1.807) is 12.1 Å². The number of likely N-dealkylation sites (tertiary alicyclic amines) is 2. The third-order valence-electron chi connectivity index (χ3n) is 7.37. The molecule has 0 aromatic heterocycles. The molecule has 11 heteroatoms. The molecule has 2 aromatic carbocycles. The Morgan fingerprint density at radius 1 is 1.05 bits per heavy atom. The van der Waals surface area contributed by atoms with Crippen LogP contribution in [0.4, 0.5) is 5.69 Å². The molecule has 1 N–H and O–H groups in total. The first-order valence-corrected chi connectivity index (χ1v) is 14.9. The standard InChI is InChI=1S/C29H38ClN3O5.C2H4O2.CH4/c1-21(2)20-37-28-19-26(7-8-27(28)33(35)36)38-25-11-17-32(18-12-25)29(34)13-16-31-14-9-23(10-15-31)22-3-5-24(30)6-4-22;1-2(3)4;/h3-8,19,21,23,25H,9-18,20H2,1-2H3;1H3,(H,3,4);1H4. The monoisotopic (exact) mass is 619 g/mol. The zero-order chi connectivity index (χ0) is 30.6. The molecule has 43 heavy (non-hydrogen) atoms. The van der Waals surface area contributed by atoms with Crippen LogP contribution in [0.1, 0.15) is 71.8 Å². The lowest BCUT2D eigenvalue weighted by atomic mass is 9.89. The van der Waals surface area contributed by atoms with E-state index in [2.05, 4.69) is 17.0 Å². The van der Waals surface area contributed by atoms with E-state index in [9.17, 15) is 14.9 Å². The Morgan fingerprint density at radius 2 is 1.65 bits per heavy atom. The Labute approximate surface area is 260 Å². The van der Waals surface area contributed by atoms with Gasteiger partial charge in [-0.3, -0.25) is 19.7 Å². The molecular formula is C32H46ClN3O7. The molecule has 1 amide bonds. The number of benzene rings is 2. The number of nitro groups is 1. The Balaban J connectivity index is 0.00000121. The molecule has 2 saturated heterocycles. The van der Waals surface area contributed by atoms with Crippen LogP contribution in [0.25, 0.3) is 0 Å². The topological polar surface area (TPSA) is 122 Å². The predicted molar refractivity (Wildman–Crippen MR) is 168 cm³/mol. The van der Waals surface area contributed by atoms with Crippen LogP contribution in [0.3, 0.4) is 0 Å². The third kappa shape index (κ3) is 12.0. The molecule has 2 aliphatic rings. The summed E-state index contributed by atoms with van der Waals surface area (Å²) >= 11 is 6.02. The van der Waals surface area contributed by atoms with Gasteiger partial charge in [0.15, 0.2) is 0 Å². The number of aliphatic carboxylic acids is 1. The summed E-state index contributed by atoms with van der Waals surface area (Å²) in [5.41, 5.74) is 1.29. The number of carboxylic acids is 1. The number of hydrogen-bond acceptors (Lipinski definition) is 7. The van der Waals surface area contributed by atoms with Crippen LogP contribution in [-0.2, 0) is 9.59 Å². The van der Waals surface area contributed by atoms with E-state index in [0.29, 0.717) is 37.8 Å². The third-order valence-corrected chi connectivity index (χ3v) is 7.62. The summed E-state index contributed by atoms with van der Waals surface area (Å²) in [6.07, 6.45) is 4.17. The zero-order valence-electron chi connectivity index (χ0n) is 24.7. The lowest BCUT2D eigenvalue weighted by Crippen LogP contribution is -2.43. The van der Waals surface area contributed by atoms with E-state index in [1.807, 2.05) is 30.9 Å². The van der Waals surface area contributed by atoms with Crippen LogP contribution >= 0.6 is 11.6 Å². The second-order valence-electron chi connectivity index (χ2n) is 11.2. The highest BCUT2D eigenvalue weighted by Gasteiger charge is 2.26. The van der Waals surface area contributed by atoms with Crippen molar-refractivity contribution >= 4 is 29.2 Å². The van der Waals surface area contributed by atoms with Gasteiger partial charge in [-0.1, -0.05) is 45.0 Å². The molecule has 0 saturated carbocycles. The first-order valence-electron chi connectivity index (χ1n) is 14.5. The molecule has 0 spiro atoms. The Morgan fingerprint density at radius 3 is 2.21 bits per heavy atom. The maximum atomic E-state index is 12.9. The molecule has 0 radical (unpaired) electrons. The van der Waals surface area contributed by atoms with Gasteiger partial charge in [0, 0.05) is 63.0 Å². The van der Waals surface area contributed by atoms with Crippen LogP contribution in [0.15, 0.2) is 42.5 Å². The summed E-state index contributed by atoms with van der Waals surface area (Å²) in [4.78, 5) is 37.1. The second kappa shape index (κ2) is 17.7. The average molecular weight is 620 g/mol. The Kier molecular flexibility index (Phi) is 14.7. The lowest BCUT2D eigenvalue weighted by Gasteiger charge is -2.34. The van der Waals surface area contributed by atoms with Crippen molar-refractivity contribution in [3.05, 3.63) is 63.2 Å². The number of amides is 1. The highest BCUT2D eigenvalue weighted by atomic mass is 35.5. The fourth-order valence-electron chi connectivity index (χ4n) is 5.14. The highest BCUT2D eigenvalue weighted by Crippen LogP contribution is 2.33. The molecule has 0 aliphatic carbocycles.